The lowest BCUT2D eigenvalue weighted by Gasteiger charge is -2.17. The molecule has 1 unspecified atom stereocenters. The molecule has 0 aliphatic carbocycles. The predicted molar refractivity (Wildman–Crippen MR) is 71.7 cm³/mol. The Bertz CT molecular complexity index is 535. The summed E-state index contributed by atoms with van der Waals surface area (Å²) < 4.78 is 58.6. The molecule has 8 heteroatoms. The average Bonchev–Trinajstić information content (AvgIpc) is 2.26. The van der Waals surface area contributed by atoms with Crippen LogP contribution in [0.25, 0.3) is 0 Å². The molecule has 0 aliphatic heterocycles. The molecule has 0 aliphatic rings. The Morgan fingerprint density at radius 3 is 2.35 bits per heavy atom. The lowest BCUT2D eigenvalue weighted by atomic mass is 10.2. The Hall–Kier alpha value is -1.25. The number of halogens is 2. The van der Waals surface area contributed by atoms with Gasteiger partial charge >= 0.3 is 0 Å². The maximum Gasteiger partial charge on any atom is 0.246 e. The van der Waals surface area contributed by atoms with E-state index in [0.29, 0.717) is 12.8 Å². The molecule has 1 aromatic carbocycles. The predicted octanol–water partition coefficient (Wildman–Crippen LogP) is 1.64. The Morgan fingerprint density at radius 2 is 1.90 bits per heavy atom. The van der Waals surface area contributed by atoms with Crippen molar-refractivity contribution in [1.82, 2.24) is 4.72 Å². The topological polar surface area (TPSA) is 81.4 Å². The van der Waals surface area contributed by atoms with Crippen molar-refractivity contribution >= 4 is 15.7 Å². The summed E-state index contributed by atoms with van der Waals surface area (Å²) in [5.41, 5.74) is 5.07. The van der Waals surface area contributed by atoms with Gasteiger partial charge in [0.05, 0.1) is 6.61 Å². The van der Waals surface area contributed by atoms with Crippen LogP contribution in [0.2, 0.25) is 0 Å². The summed E-state index contributed by atoms with van der Waals surface area (Å²) in [5.74, 6) is -2.44. The molecular weight excluding hydrogens is 290 g/mol. The zero-order valence-corrected chi connectivity index (χ0v) is 12.1. The van der Waals surface area contributed by atoms with E-state index >= 15 is 0 Å². The molecule has 0 heterocycles. The number of ether oxygens (including phenoxy) is 1. The number of nitrogen functional groups attached to an aromatic ring is 1. The van der Waals surface area contributed by atoms with Crippen LogP contribution in [0.1, 0.15) is 19.8 Å². The summed E-state index contributed by atoms with van der Waals surface area (Å²) in [5, 5.41) is 0. The molecular formula is C12H18F2N2O3S. The molecule has 0 spiro atoms. The summed E-state index contributed by atoms with van der Waals surface area (Å²) in [6.07, 6.45) is 1.19. The quantitative estimate of drug-likeness (QED) is 0.750. The number of nitrogens with one attached hydrogen (secondary N) is 1. The van der Waals surface area contributed by atoms with E-state index in [2.05, 4.69) is 4.72 Å². The molecule has 1 aromatic rings. The number of hydrogen-bond donors (Lipinski definition) is 2. The van der Waals surface area contributed by atoms with Crippen molar-refractivity contribution in [2.45, 2.75) is 30.7 Å². The summed E-state index contributed by atoms with van der Waals surface area (Å²) in [7, 11) is -2.90. The molecule has 114 valence electrons. The molecule has 0 fully saturated rings. The highest BCUT2D eigenvalue weighted by atomic mass is 32.2. The number of rotatable bonds is 7. The number of nitrogens with two attached hydrogens (primary N) is 1. The number of hydrogen-bond acceptors (Lipinski definition) is 4. The van der Waals surface area contributed by atoms with E-state index in [1.54, 1.807) is 0 Å². The van der Waals surface area contributed by atoms with Gasteiger partial charge < -0.3 is 10.5 Å². The van der Waals surface area contributed by atoms with Crippen LogP contribution in [0.3, 0.4) is 0 Å². The number of benzene rings is 1. The van der Waals surface area contributed by atoms with E-state index in [4.69, 9.17) is 10.5 Å². The fourth-order valence-corrected chi connectivity index (χ4v) is 3.21. The fraction of sp³-hybridized carbons (Fsp3) is 0.500. The van der Waals surface area contributed by atoms with Crippen LogP contribution in [0.4, 0.5) is 14.5 Å². The van der Waals surface area contributed by atoms with E-state index in [1.165, 1.54) is 7.11 Å². The first-order chi connectivity index (χ1) is 9.31. The fourth-order valence-electron chi connectivity index (χ4n) is 1.84. The third-order valence-electron chi connectivity index (χ3n) is 2.62. The highest BCUT2D eigenvalue weighted by Gasteiger charge is 2.27. The molecule has 0 saturated heterocycles. The molecule has 3 N–H and O–H groups in total. The van der Waals surface area contributed by atoms with Crippen LogP contribution >= 0.6 is 0 Å². The van der Waals surface area contributed by atoms with Crippen molar-refractivity contribution in [2.24, 2.45) is 0 Å². The minimum absolute atomic E-state index is 0.116. The molecule has 0 bridgehead atoms. The molecule has 5 nitrogen and oxygen atoms in total. The second kappa shape index (κ2) is 6.96. The van der Waals surface area contributed by atoms with Crippen molar-refractivity contribution < 1.29 is 21.9 Å². The first kappa shape index (κ1) is 16.8. The third kappa shape index (κ3) is 4.12. The van der Waals surface area contributed by atoms with Gasteiger partial charge in [0.2, 0.25) is 10.0 Å². The van der Waals surface area contributed by atoms with Crippen LogP contribution in [0.15, 0.2) is 17.0 Å². The monoisotopic (exact) mass is 308 g/mol. The Morgan fingerprint density at radius 1 is 1.35 bits per heavy atom. The van der Waals surface area contributed by atoms with Gasteiger partial charge in [0.1, 0.15) is 11.6 Å². The van der Waals surface area contributed by atoms with Gasteiger partial charge in [-0.05, 0) is 18.6 Å². The minimum Gasteiger partial charge on any atom is -0.399 e. The van der Waals surface area contributed by atoms with Gasteiger partial charge in [0.25, 0.3) is 0 Å². The highest BCUT2D eigenvalue weighted by Crippen LogP contribution is 2.22. The van der Waals surface area contributed by atoms with E-state index in [1.807, 2.05) is 6.92 Å². The van der Waals surface area contributed by atoms with Crippen LogP contribution in [0, 0.1) is 11.6 Å². The standard InChI is InChI=1S/C12H18F2N2O3S/c1-3-4-9(7-19-2)16-20(17,18)12-10(13)5-8(15)6-11(12)14/h5-6,9,16H,3-4,7,15H2,1-2H3. The second-order valence-corrected chi connectivity index (χ2v) is 6.03. The molecule has 0 saturated carbocycles. The lowest BCUT2D eigenvalue weighted by Crippen LogP contribution is -2.38. The van der Waals surface area contributed by atoms with Gasteiger partial charge in [-0.15, -0.1) is 0 Å². The molecule has 1 rings (SSSR count). The minimum atomic E-state index is -4.32. The number of methoxy groups -OCH3 is 1. The third-order valence-corrected chi connectivity index (χ3v) is 4.19. The van der Waals surface area contributed by atoms with Crippen molar-refractivity contribution in [3.05, 3.63) is 23.8 Å². The van der Waals surface area contributed by atoms with Crippen LogP contribution in [-0.4, -0.2) is 28.2 Å². The van der Waals surface area contributed by atoms with E-state index in [0.717, 1.165) is 12.1 Å². The summed E-state index contributed by atoms with van der Waals surface area (Å²) in [4.78, 5) is -1.02. The van der Waals surface area contributed by atoms with Crippen molar-refractivity contribution in [3.63, 3.8) is 0 Å². The van der Waals surface area contributed by atoms with E-state index in [-0.39, 0.29) is 12.3 Å². The van der Waals surface area contributed by atoms with Crippen LogP contribution < -0.4 is 10.5 Å². The van der Waals surface area contributed by atoms with Gasteiger partial charge in [-0.25, -0.2) is 21.9 Å². The van der Waals surface area contributed by atoms with Gasteiger partial charge in [-0.2, -0.15) is 0 Å². The maximum atomic E-state index is 13.7. The average molecular weight is 308 g/mol. The molecule has 1 atom stereocenters. The van der Waals surface area contributed by atoms with Gasteiger partial charge in [0, 0.05) is 18.8 Å². The summed E-state index contributed by atoms with van der Waals surface area (Å²) in [6.45, 7) is 1.98. The first-order valence-corrected chi connectivity index (χ1v) is 7.56. The van der Waals surface area contributed by atoms with Crippen molar-refractivity contribution in [1.29, 1.82) is 0 Å². The summed E-state index contributed by atoms with van der Waals surface area (Å²) in [6, 6.07) is 0.984. The molecule has 0 radical (unpaired) electrons. The lowest BCUT2D eigenvalue weighted by molar-refractivity contribution is 0.171. The Labute approximate surface area is 117 Å². The zero-order chi connectivity index (χ0) is 15.3. The zero-order valence-electron chi connectivity index (χ0n) is 11.3. The smallest absolute Gasteiger partial charge is 0.246 e. The van der Waals surface area contributed by atoms with Crippen molar-refractivity contribution in [2.75, 3.05) is 19.5 Å². The molecule has 0 aromatic heterocycles. The highest BCUT2D eigenvalue weighted by molar-refractivity contribution is 7.89. The number of anilines is 1. The van der Waals surface area contributed by atoms with Gasteiger partial charge in [-0.1, -0.05) is 13.3 Å². The SMILES string of the molecule is CCCC(COC)NS(=O)(=O)c1c(F)cc(N)cc1F. The van der Waals surface area contributed by atoms with Crippen LogP contribution in [-0.2, 0) is 14.8 Å². The van der Waals surface area contributed by atoms with Gasteiger partial charge in [0.15, 0.2) is 4.90 Å². The maximum absolute atomic E-state index is 13.7. The summed E-state index contributed by atoms with van der Waals surface area (Å²) >= 11 is 0. The van der Waals surface area contributed by atoms with Crippen molar-refractivity contribution in [3.8, 4) is 0 Å². The first-order valence-electron chi connectivity index (χ1n) is 6.07. The van der Waals surface area contributed by atoms with E-state index in [9.17, 15) is 17.2 Å². The number of sulfonamides is 1. The Kier molecular flexibility index (Phi) is 5.85. The van der Waals surface area contributed by atoms with Crippen LogP contribution in [0.5, 0.6) is 0 Å². The van der Waals surface area contributed by atoms with Gasteiger partial charge in [-0.3, -0.25) is 0 Å². The molecule has 20 heavy (non-hydrogen) atoms. The normalized spacial score (nSPS) is 13.4. The second-order valence-electron chi connectivity index (χ2n) is 4.38. The largest absolute Gasteiger partial charge is 0.399 e. The Balaban J connectivity index is 3.10. The van der Waals surface area contributed by atoms with E-state index < -0.39 is 32.6 Å². The molecule has 0 amide bonds.